The summed E-state index contributed by atoms with van der Waals surface area (Å²) in [5.41, 5.74) is -1.70. The lowest BCUT2D eigenvalue weighted by Crippen LogP contribution is -2.47. The second kappa shape index (κ2) is 12.0. The average Bonchev–Trinajstić information content (AvgIpc) is 2.61. The van der Waals surface area contributed by atoms with E-state index >= 15 is 0 Å². The van der Waals surface area contributed by atoms with Crippen molar-refractivity contribution in [2.75, 3.05) is 0 Å². The van der Waals surface area contributed by atoms with Crippen LogP contribution in [0.3, 0.4) is 0 Å². The van der Waals surface area contributed by atoms with Crippen molar-refractivity contribution in [1.29, 1.82) is 0 Å². The van der Waals surface area contributed by atoms with Gasteiger partial charge in [-0.1, -0.05) is 33.8 Å². The number of allylic oxidation sites excluding steroid dienone is 2. The highest BCUT2D eigenvalue weighted by Crippen LogP contribution is 2.29. The van der Waals surface area contributed by atoms with Gasteiger partial charge in [-0.15, -0.1) is 0 Å². The Morgan fingerprint density at radius 3 is 2.50 bits per heavy atom. The minimum Gasteiger partial charge on any atom is -0.481 e. The van der Waals surface area contributed by atoms with Gasteiger partial charge in [0.15, 0.2) is 5.78 Å². The summed E-state index contributed by atoms with van der Waals surface area (Å²) in [5.74, 6) is -0.437. The van der Waals surface area contributed by atoms with Crippen molar-refractivity contribution in [2.45, 2.75) is 84.3 Å². The molecule has 0 aromatic rings. The van der Waals surface area contributed by atoms with Crippen LogP contribution in [0, 0.1) is 17.8 Å². The van der Waals surface area contributed by atoms with Crippen LogP contribution < -0.4 is 5.32 Å². The largest absolute Gasteiger partial charge is 0.481 e. The Balaban J connectivity index is 2.68. The van der Waals surface area contributed by atoms with Gasteiger partial charge in [-0.2, -0.15) is 0 Å². The van der Waals surface area contributed by atoms with Gasteiger partial charge in [0, 0.05) is 12.8 Å². The molecular weight excluding hydrogens is 386 g/mol. The van der Waals surface area contributed by atoms with Crippen LogP contribution >= 0.6 is 0 Å². The number of Topliss-reactive ketones (excluding diaryl/α,β-unsaturated/α-hetero) is 1. The number of hydrogen-bond donors (Lipinski definition) is 4. The number of hydrogen-bond acceptors (Lipinski definition) is 5. The number of aliphatic hydroxyl groups excluding tert-OH is 1. The maximum Gasteiger partial charge on any atom is 0.303 e. The molecule has 4 unspecified atom stereocenters. The van der Waals surface area contributed by atoms with Crippen LogP contribution in [0.15, 0.2) is 23.9 Å². The summed E-state index contributed by atoms with van der Waals surface area (Å²) in [5, 5.41) is 32.0. The summed E-state index contributed by atoms with van der Waals surface area (Å²) in [6.45, 7) is 8.60. The van der Waals surface area contributed by atoms with E-state index in [0.717, 1.165) is 12.8 Å². The molecule has 1 aliphatic carbocycles. The van der Waals surface area contributed by atoms with Gasteiger partial charge in [0.2, 0.25) is 5.91 Å². The van der Waals surface area contributed by atoms with Crippen LogP contribution in [0.25, 0.3) is 0 Å². The van der Waals surface area contributed by atoms with Crippen LogP contribution in [0.5, 0.6) is 0 Å². The smallest absolute Gasteiger partial charge is 0.303 e. The lowest BCUT2D eigenvalue weighted by atomic mass is 9.82. The third-order valence-electron chi connectivity index (χ3n) is 5.35. The molecule has 0 fully saturated rings. The van der Waals surface area contributed by atoms with Crippen molar-refractivity contribution >= 4 is 17.7 Å². The Hall–Kier alpha value is -1.99. The van der Waals surface area contributed by atoms with Crippen LogP contribution in [0.2, 0.25) is 0 Å². The number of nitrogens with one attached hydrogen (secondary N) is 1. The summed E-state index contributed by atoms with van der Waals surface area (Å²) < 4.78 is 0. The topological polar surface area (TPSA) is 124 Å². The van der Waals surface area contributed by atoms with Gasteiger partial charge in [0.25, 0.3) is 0 Å². The minimum atomic E-state index is -1.67. The molecule has 4 atom stereocenters. The Kier molecular flexibility index (Phi) is 10.4. The molecule has 1 rings (SSSR count). The fourth-order valence-corrected chi connectivity index (χ4v) is 3.96. The highest BCUT2D eigenvalue weighted by Gasteiger charge is 2.40. The molecule has 0 radical (unpaired) electrons. The van der Waals surface area contributed by atoms with Gasteiger partial charge in [0.1, 0.15) is 5.60 Å². The summed E-state index contributed by atoms with van der Waals surface area (Å²) >= 11 is 0. The van der Waals surface area contributed by atoms with Gasteiger partial charge in [0.05, 0.1) is 11.8 Å². The van der Waals surface area contributed by atoms with E-state index in [-0.39, 0.29) is 30.9 Å². The molecule has 170 valence electrons. The third kappa shape index (κ3) is 9.22. The van der Waals surface area contributed by atoms with E-state index in [1.165, 1.54) is 12.2 Å². The molecule has 0 saturated carbocycles. The fraction of sp³-hybridized carbons (Fsp3) is 0.696. The first-order chi connectivity index (χ1) is 13.9. The second-order valence-corrected chi connectivity index (χ2v) is 9.09. The van der Waals surface area contributed by atoms with Crippen LogP contribution in [0.1, 0.15) is 72.6 Å². The van der Waals surface area contributed by atoms with E-state index < -0.39 is 29.4 Å². The number of unbranched alkanes of at least 4 members (excludes halogenated alkanes) is 1. The number of amides is 1. The van der Waals surface area contributed by atoms with Gasteiger partial charge >= 0.3 is 5.97 Å². The number of aliphatic hydroxyl groups is 2. The first-order valence-electron chi connectivity index (χ1n) is 10.8. The molecule has 0 spiro atoms. The maximum absolute atomic E-state index is 12.3. The predicted octanol–water partition coefficient (Wildman–Crippen LogP) is 2.96. The van der Waals surface area contributed by atoms with E-state index in [4.69, 9.17) is 5.11 Å². The van der Waals surface area contributed by atoms with E-state index in [9.17, 15) is 24.6 Å². The van der Waals surface area contributed by atoms with Gasteiger partial charge in [-0.05, 0) is 62.0 Å². The minimum absolute atomic E-state index is 0.0306. The predicted molar refractivity (Wildman–Crippen MR) is 114 cm³/mol. The van der Waals surface area contributed by atoms with E-state index in [1.807, 2.05) is 13.0 Å². The summed E-state index contributed by atoms with van der Waals surface area (Å²) in [6, 6.07) is 0. The number of rotatable bonds is 12. The highest BCUT2D eigenvalue weighted by atomic mass is 16.4. The van der Waals surface area contributed by atoms with Crippen LogP contribution in [-0.2, 0) is 14.4 Å². The molecule has 0 aromatic heterocycles. The van der Waals surface area contributed by atoms with E-state index in [2.05, 4.69) is 26.1 Å². The van der Waals surface area contributed by atoms with Gasteiger partial charge in [-0.3, -0.25) is 14.4 Å². The number of carbonyl (C=O) groups excluding carboxylic acids is 2. The summed E-state index contributed by atoms with van der Waals surface area (Å²) in [7, 11) is 0. The quantitative estimate of drug-likeness (QED) is 0.283. The van der Waals surface area contributed by atoms with Gasteiger partial charge in [-0.25, -0.2) is 0 Å². The third-order valence-corrected chi connectivity index (χ3v) is 5.35. The number of carboxylic acid groups (broad SMARTS) is 1. The van der Waals surface area contributed by atoms with Crippen molar-refractivity contribution in [3.05, 3.63) is 23.9 Å². The molecule has 7 heteroatoms. The Bertz CT molecular complexity index is 669. The average molecular weight is 424 g/mol. The van der Waals surface area contributed by atoms with Crippen molar-refractivity contribution in [2.24, 2.45) is 17.8 Å². The number of carbonyl (C=O) groups is 3. The molecule has 0 bridgehead atoms. The molecule has 1 aliphatic rings. The number of aliphatic carboxylic acids is 1. The monoisotopic (exact) mass is 423 g/mol. The first-order valence-corrected chi connectivity index (χ1v) is 10.8. The zero-order chi connectivity index (χ0) is 22.9. The van der Waals surface area contributed by atoms with E-state index in [0.29, 0.717) is 24.7 Å². The Morgan fingerprint density at radius 1 is 1.23 bits per heavy atom. The lowest BCUT2D eigenvalue weighted by molar-refractivity contribution is -0.137. The summed E-state index contributed by atoms with van der Waals surface area (Å²) in [6.07, 6.45) is 5.72. The van der Waals surface area contributed by atoms with Crippen LogP contribution in [0.4, 0.5) is 0 Å². The van der Waals surface area contributed by atoms with Gasteiger partial charge < -0.3 is 20.6 Å². The first kappa shape index (κ1) is 26.0. The molecule has 0 aromatic carbocycles. The molecule has 4 N–H and O–H groups in total. The number of carboxylic acids is 1. The highest BCUT2D eigenvalue weighted by molar-refractivity contribution is 6.02. The summed E-state index contributed by atoms with van der Waals surface area (Å²) in [4.78, 5) is 35.0. The second-order valence-electron chi connectivity index (χ2n) is 9.09. The number of ketones is 1. The Labute approximate surface area is 179 Å². The Morgan fingerprint density at radius 2 is 1.90 bits per heavy atom. The van der Waals surface area contributed by atoms with Crippen LogP contribution in [-0.4, -0.2) is 44.7 Å². The molecule has 7 nitrogen and oxygen atoms in total. The zero-order valence-corrected chi connectivity index (χ0v) is 18.6. The molecule has 0 aliphatic heterocycles. The SMILES string of the molecule is CC(C)CC(C)CC(C)C=CC(=O)NC1=CC(O)(CCCCC(=O)O)C(O)CC1=O. The fourth-order valence-electron chi connectivity index (χ4n) is 3.96. The molecule has 1 amide bonds. The van der Waals surface area contributed by atoms with E-state index in [1.54, 1.807) is 0 Å². The lowest BCUT2D eigenvalue weighted by Gasteiger charge is -2.34. The van der Waals surface area contributed by atoms with Crippen molar-refractivity contribution in [1.82, 2.24) is 5.32 Å². The van der Waals surface area contributed by atoms with Crippen molar-refractivity contribution in [3.8, 4) is 0 Å². The maximum atomic E-state index is 12.3. The molecule has 0 saturated heterocycles. The zero-order valence-electron chi connectivity index (χ0n) is 18.6. The normalized spacial score (nSPS) is 24.0. The van der Waals surface area contributed by atoms with Crippen molar-refractivity contribution < 1.29 is 29.7 Å². The molecule has 30 heavy (non-hydrogen) atoms. The standard InChI is InChI=1S/C23H37NO6/c1-15(2)11-17(4)12-16(3)8-9-21(27)24-18-14-23(30,20(26)13-19(18)25)10-6-5-7-22(28)29/h8-9,14-17,20,26,30H,5-7,10-13H2,1-4H3,(H,24,27)(H,28,29). The van der Waals surface area contributed by atoms with Crippen molar-refractivity contribution in [3.63, 3.8) is 0 Å². The molecule has 0 heterocycles. The molecular formula is C23H37NO6.